The Balaban J connectivity index is 2.01. The zero-order valence-corrected chi connectivity index (χ0v) is 12.8. The number of aromatic nitrogens is 1. The molecule has 0 bridgehead atoms. The van der Waals surface area contributed by atoms with Crippen molar-refractivity contribution < 1.29 is 9.53 Å². The van der Waals surface area contributed by atoms with E-state index in [4.69, 9.17) is 23.2 Å². The van der Waals surface area contributed by atoms with Crippen molar-refractivity contribution in [2.24, 2.45) is 0 Å². The Morgan fingerprint density at radius 1 is 1.45 bits per heavy atom. The number of fused-ring (bicyclic) bond motifs is 1. The molecule has 2 aromatic rings. The smallest absolute Gasteiger partial charge is 0.351 e. The topological polar surface area (TPSA) is 42.4 Å². The lowest BCUT2D eigenvalue weighted by Crippen LogP contribution is -2.12. The Morgan fingerprint density at radius 2 is 2.25 bits per heavy atom. The van der Waals surface area contributed by atoms with Crippen molar-refractivity contribution in [1.82, 2.24) is 4.98 Å². The highest BCUT2D eigenvalue weighted by molar-refractivity contribution is 7.18. The minimum absolute atomic E-state index is 0.173. The van der Waals surface area contributed by atoms with E-state index in [1.165, 1.54) is 18.4 Å². The molecule has 0 saturated heterocycles. The molecule has 0 unspecified atom stereocenters. The molecule has 4 nitrogen and oxygen atoms in total. The molecule has 0 spiro atoms. The van der Waals surface area contributed by atoms with Gasteiger partial charge in [0, 0.05) is 17.3 Å². The van der Waals surface area contributed by atoms with Gasteiger partial charge in [-0.05, 0) is 24.1 Å². The second kappa shape index (κ2) is 5.24. The molecule has 0 N–H and O–H groups in total. The molecule has 3 rings (SSSR count). The first kappa shape index (κ1) is 13.7. The Hall–Kier alpha value is -1.30. The number of hydrogen-bond donors (Lipinski definition) is 0. The molecule has 0 atom stereocenters. The van der Waals surface area contributed by atoms with E-state index in [-0.39, 0.29) is 5.15 Å². The summed E-state index contributed by atoms with van der Waals surface area (Å²) in [5.74, 6) is -0.468. The van der Waals surface area contributed by atoms with Gasteiger partial charge in [-0.2, -0.15) is 0 Å². The maximum atomic E-state index is 11.6. The predicted octanol–water partition coefficient (Wildman–Crippen LogP) is 3.93. The van der Waals surface area contributed by atoms with Crippen LogP contribution in [0, 0.1) is 0 Å². The molecule has 1 aromatic carbocycles. The van der Waals surface area contributed by atoms with Crippen LogP contribution < -0.4 is 4.90 Å². The highest BCUT2D eigenvalue weighted by Gasteiger charge is 2.27. The van der Waals surface area contributed by atoms with Crippen LogP contribution in [-0.4, -0.2) is 24.6 Å². The molecule has 104 valence electrons. The standard InChI is InChI=1S/C13H10Cl2N2O2S/c1-19-12(18)10-11(15)16-13(20-10)17-6-5-7-8(14)3-2-4-9(7)17/h2-4H,5-6H2,1H3. The van der Waals surface area contributed by atoms with Crippen molar-refractivity contribution >= 4 is 51.3 Å². The van der Waals surface area contributed by atoms with E-state index in [1.807, 2.05) is 23.1 Å². The van der Waals surface area contributed by atoms with Gasteiger partial charge in [-0.3, -0.25) is 0 Å². The number of ether oxygens (including phenoxy) is 1. The number of carbonyl (C=O) groups is 1. The number of nitrogens with zero attached hydrogens (tertiary/aromatic N) is 2. The maximum Gasteiger partial charge on any atom is 0.351 e. The van der Waals surface area contributed by atoms with Gasteiger partial charge in [0.05, 0.1) is 7.11 Å². The van der Waals surface area contributed by atoms with Crippen LogP contribution in [0.15, 0.2) is 18.2 Å². The first-order chi connectivity index (χ1) is 9.61. The summed E-state index contributed by atoms with van der Waals surface area (Å²) in [5.41, 5.74) is 2.11. The molecular formula is C13H10Cl2N2O2S. The number of thiazole rings is 1. The van der Waals surface area contributed by atoms with Gasteiger partial charge in [0.15, 0.2) is 15.2 Å². The number of rotatable bonds is 2. The van der Waals surface area contributed by atoms with E-state index in [0.717, 1.165) is 29.2 Å². The van der Waals surface area contributed by atoms with E-state index in [9.17, 15) is 4.79 Å². The molecule has 2 heterocycles. The Kier molecular flexibility index (Phi) is 3.58. The van der Waals surface area contributed by atoms with Crippen LogP contribution in [0.2, 0.25) is 10.2 Å². The number of esters is 1. The Morgan fingerprint density at radius 3 is 3.00 bits per heavy atom. The van der Waals surface area contributed by atoms with Crippen molar-refractivity contribution in [1.29, 1.82) is 0 Å². The number of methoxy groups -OCH3 is 1. The molecule has 1 aromatic heterocycles. The maximum absolute atomic E-state index is 11.6. The fraction of sp³-hybridized carbons (Fsp3) is 0.231. The second-order valence-corrected chi connectivity index (χ2v) is 5.99. The molecule has 7 heteroatoms. The quantitative estimate of drug-likeness (QED) is 0.783. The average molecular weight is 329 g/mol. The van der Waals surface area contributed by atoms with Crippen LogP contribution >= 0.6 is 34.5 Å². The molecule has 0 saturated carbocycles. The third kappa shape index (κ3) is 2.16. The summed E-state index contributed by atoms with van der Waals surface area (Å²) in [6.45, 7) is 0.767. The summed E-state index contributed by atoms with van der Waals surface area (Å²) in [7, 11) is 1.32. The van der Waals surface area contributed by atoms with Crippen molar-refractivity contribution in [2.75, 3.05) is 18.6 Å². The number of anilines is 2. The van der Waals surface area contributed by atoms with Gasteiger partial charge in [0.25, 0.3) is 0 Å². The van der Waals surface area contributed by atoms with E-state index in [0.29, 0.717) is 10.0 Å². The third-order valence-corrected chi connectivity index (χ3v) is 4.94. The molecule has 20 heavy (non-hydrogen) atoms. The summed E-state index contributed by atoms with van der Waals surface area (Å²) < 4.78 is 4.69. The summed E-state index contributed by atoms with van der Waals surface area (Å²) >= 11 is 13.4. The molecule has 1 aliphatic rings. The minimum Gasteiger partial charge on any atom is -0.465 e. The lowest BCUT2D eigenvalue weighted by molar-refractivity contribution is 0.0606. The first-order valence-corrected chi connectivity index (χ1v) is 7.48. The summed E-state index contributed by atoms with van der Waals surface area (Å²) in [6.07, 6.45) is 0.847. The van der Waals surface area contributed by atoms with Crippen molar-refractivity contribution in [2.45, 2.75) is 6.42 Å². The fourth-order valence-electron chi connectivity index (χ4n) is 2.22. The summed E-state index contributed by atoms with van der Waals surface area (Å²) in [5, 5.41) is 1.60. The van der Waals surface area contributed by atoms with Crippen LogP contribution in [0.3, 0.4) is 0 Å². The third-order valence-electron chi connectivity index (χ3n) is 3.15. The van der Waals surface area contributed by atoms with E-state index in [2.05, 4.69) is 9.72 Å². The Labute approximate surface area is 129 Å². The van der Waals surface area contributed by atoms with Crippen LogP contribution in [0.25, 0.3) is 0 Å². The fourth-order valence-corrected chi connectivity index (χ4v) is 3.72. The van der Waals surface area contributed by atoms with Gasteiger partial charge < -0.3 is 9.64 Å². The number of benzene rings is 1. The van der Waals surface area contributed by atoms with Gasteiger partial charge >= 0.3 is 5.97 Å². The Bertz CT molecular complexity index is 687. The number of halogens is 2. The highest BCUT2D eigenvalue weighted by atomic mass is 35.5. The highest BCUT2D eigenvalue weighted by Crippen LogP contribution is 2.41. The molecule has 0 aliphatic carbocycles. The van der Waals surface area contributed by atoms with Crippen molar-refractivity contribution in [3.8, 4) is 0 Å². The van der Waals surface area contributed by atoms with Crippen molar-refractivity contribution in [3.05, 3.63) is 38.8 Å². The summed E-state index contributed by atoms with van der Waals surface area (Å²) in [4.78, 5) is 18.2. The van der Waals surface area contributed by atoms with E-state index >= 15 is 0 Å². The lowest BCUT2D eigenvalue weighted by atomic mass is 10.2. The molecule has 0 fully saturated rings. The van der Waals surface area contributed by atoms with Crippen LogP contribution in [-0.2, 0) is 11.2 Å². The normalized spacial score (nSPS) is 13.4. The van der Waals surface area contributed by atoms with Crippen LogP contribution in [0.1, 0.15) is 15.2 Å². The minimum atomic E-state index is -0.468. The largest absolute Gasteiger partial charge is 0.465 e. The van der Waals surface area contributed by atoms with Gasteiger partial charge in [-0.1, -0.05) is 40.6 Å². The molecule has 1 aliphatic heterocycles. The van der Waals surface area contributed by atoms with Gasteiger partial charge in [-0.15, -0.1) is 0 Å². The summed E-state index contributed by atoms with van der Waals surface area (Å²) in [6, 6.07) is 5.76. The second-order valence-electron chi connectivity index (χ2n) is 4.25. The zero-order valence-electron chi connectivity index (χ0n) is 10.5. The number of carbonyl (C=O) groups excluding carboxylic acids is 1. The number of hydrogen-bond acceptors (Lipinski definition) is 5. The van der Waals surface area contributed by atoms with Gasteiger partial charge in [0.1, 0.15) is 0 Å². The van der Waals surface area contributed by atoms with E-state index in [1.54, 1.807) is 0 Å². The van der Waals surface area contributed by atoms with Gasteiger partial charge in [0.2, 0.25) is 0 Å². The molecule has 0 amide bonds. The molecular weight excluding hydrogens is 319 g/mol. The zero-order chi connectivity index (χ0) is 14.3. The van der Waals surface area contributed by atoms with Crippen LogP contribution in [0.5, 0.6) is 0 Å². The first-order valence-electron chi connectivity index (χ1n) is 5.91. The van der Waals surface area contributed by atoms with Gasteiger partial charge in [-0.25, -0.2) is 9.78 Å². The SMILES string of the molecule is COC(=O)c1sc(N2CCc3c(Cl)cccc32)nc1Cl. The predicted molar refractivity (Wildman–Crippen MR) is 80.6 cm³/mol. The van der Waals surface area contributed by atoms with Crippen LogP contribution in [0.4, 0.5) is 10.8 Å². The van der Waals surface area contributed by atoms with E-state index < -0.39 is 5.97 Å². The molecule has 0 radical (unpaired) electrons. The lowest BCUT2D eigenvalue weighted by Gasteiger charge is -2.15. The monoisotopic (exact) mass is 328 g/mol. The average Bonchev–Trinajstić information content (AvgIpc) is 3.02. The van der Waals surface area contributed by atoms with Crippen molar-refractivity contribution in [3.63, 3.8) is 0 Å².